The van der Waals surface area contributed by atoms with Crippen molar-refractivity contribution in [1.29, 1.82) is 0 Å². The standard InChI is InChI=1S/C21H29N4O6P/c1-16(2)8-10-29-21-7-6-17(14-24-21)11-19-12-20(31-25-19)18(13-22)5-4-9-23-15-30-32(26,27)28-3/h4-9,12,14,23H,10-11,13,15,22H2,1-3H3,(H,26,27)/b9-4-,18-5+. The molecule has 0 spiro atoms. The molecule has 0 aliphatic carbocycles. The number of phosphoric ester groups is 1. The number of pyridine rings is 1. The van der Waals surface area contributed by atoms with Crippen molar-refractivity contribution >= 4 is 13.4 Å². The van der Waals surface area contributed by atoms with Crippen molar-refractivity contribution < 1.29 is 27.8 Å². The number of nitrogens with two attached hydrogens (primary N) is 1. The fourth-order valence-corrected chi connectivity index (χ4v) is 2.70. The van der Waals surface area contributed by atoms with E-state index in [4.69, 9.17) is 19.9 Å². The molecule has 2 aromatic rings. The minimum atomic E-state index is -4.00. The third kappa shape index (κ3) is 9.17. The monoisotopic (exact) mass is 464 g/mol. The van der Waals surface area contributed by atoms with Gasteiger partial charge in [0.15, 0.2) is 5.76 Å². The van der Waals surface area contributed by atoms with E-state index in [0.717, 1.165) is 23.9 Å². The molecule has 0 fully saturated rings. The Morgan fingerprint density at radius 1 is 1.38 bits per heavy atom. The molecule has 0 amide bonds. The van der Waals surface area contributed by atoms with E-state index in [9.17, 15) is 4.57 Å². The van der Waals surface area contributed by atoms with Crippen LogP contribution in [0, 0.1) is 0 Å². The summed E-state index contributed by atoms with van der Waals surface area (Å²) >= 11 is 0. The first-order valence-corrected chi connectivity index (χ1v) is 11.3. The average Bonchev–Trinajstić information content (AvgIpc) is 3.22. The van der Waals surface area contributed by atoms with Crippen LogP contribution < -0.4 is 15.8 Å². The molecule has 0 bridgehead atoms. The molecule has 0 saturated heterocycles. The molecule has 1 atom stereocenters. The van der Waals surface area contributed by atoms with Crippen molar-refractivity contribution in [2.24, 2.45) is 5.73 Å². The third-order valence-corrected chi connectivity index (χ3v) is 4.97. The molecule has 0 aliphatic heterocycles. The van der Waals surface area contributed by atoms with E-state index in [1.165, 1.54) is 11.8 Å². The summed E-state index contributed by atoms with van der Waals surface area (Å²) in [4.78, 5) is 13.4. The van der Waals surface area contributed by atoms with Gasteiger partial charge in [-0.15, -0.1) is 0 Å². The van der Waals surface area contributed by atoms with Gasteiger partial charge in [0.2, 0.25) is 5.88 Å². The molecule has 10 nitrogen and oxygen atoms in total. The number of phosphoric acid groups is 1. The van der Waals surface area contributed by atoms with E-state index in [2.05, 4.69) is 24.5 Å². The predicted molar refractivity (Wildman–Crippen MR) is 121 cm³/mol. The van der Waals surface area contributed by atoms with Crippen molar-refractivity contribution in [1.82, 2.24) is 15.5 Å². The van der Waals surface area contributed by atoms with Crippen LogP contribution in [0.15, 0.2) is 58.9 Å². The zero-order valence-corrected chi connectivity index (χ0v) is 19.2. The molecular formula is C21H29N4O6P. The molecule has 0 saturated carbocycles. The lowest BCUT2D eigenvalue weighted by molar-refractivity contribution is 0.168. The summed E-state index contributed by atoms with van der Waals surface area (Å²) in [5.41, 5.74) is 9.44. The Hall–Kier alpha value is -2.75. The normalized spacial score (nSPS) is 13.7. The van der Waals surface area contributed by atoms with Crippen LogP contribution in [0.2, 0.25) is 0 Å². The Morgan fingerprint density at radius 3 is 2.84 bits per heavy atom. The average molecular weight is 464 g/mol. The fourth-order valence-electron chi connectivity index (χ4n) is 2.35. The molecule has 0 aliphatic rings. The van der Waals surface area contributed by atoms with Crippen LogP contribution in [0.5, 0.6) is 5.88 Å². The van der Waals surface area contributed by atoms with Gasteiger partial charge in [-0.25, -0.2) is 9.55 Å². The van der Waals surface area contributed by atoms with Crippen LogP contribution in [0.4, 0.5) is 0 Å². The van der Waals surface area contributed by atoms with E-state index >= 15 is 0 Å². The molecule has 11 heteroatoms. The number of nitrogens with zero attached hydrogens (tertiary/aromatic N) is 2. The van der Waals surface area contributed by atoms with E-state index in [1.54, 1.807) is 18.3 Å². The highest BCUT2D eigenvalue weighted by molar-refractivity contribution is 7.47. The van der Waals surface area contributed by atoms with E-state index < -0.39 is 7.82 Å². The van der Waals surface area contributed by atoms with Gasteiger partial charge in [0.1, 0.15) is 13.3 Å². The summed E-state index contributed by atoms with van der Waals surface area (Å²) in [5.74, 6) is 1.12. The largest absolute Gasteiger partial charge is 0.473 e. The quantitative estimate of drug-likeness (QED) is 0.133. The first-order chi connectivity index (χ1) is 15.3. The highest BCUT2D eigenvalue weighted by Gasteiger charge is 2.17. The molecule has 2 aromatic heterocycles. The smallest absolute Gasteiger partial charge is 0.473 e. The first-order valence-electron chi connectivity index (χ1n) is 9.82. The van der Waals surface area contributed by atoms with Crippen molar-refractivity contribution in [3.8, 4) is 5.88 Å². The molecule has 2 rings (SSSR count). The second-order valence-corrected chi connectivity index (χ2v) is 8.40. The lowest BCUT2D eigenvalue weighted by Gasteiger charge is -2.08. The van der Waals surface area contributed by atoms with Crippen molar-refractivity contribution in [3.05, 3.63) is 71.4 Å². The zero-order chi connectivity index (χ0) is 23.4. The van der Waals surface area contributed by atoms with Crippen LogP contribution in [0.1, 0.15) is 30.9 Å². The summed E-state index contributed by atoms with van der Waals surface area (Å²) < 4.78 is 31.1. The van der Waals surface area contributed by atoms with Gasteiger partial charge >= 0.3 is 7.82 Å². The molecule has 2 heterocycles. The van der Waals surface area contributed by atoms with E-state index in [-0.39, 0.29) is 13.3 Å². The van der Waals surface area contributed by atoms with Crippen LogP contribution in [0.3, 0.4) is 0 Å². The zero-order valence-electron chi connectivity index (χ0n) is 18.4. The van der Waals surface area contributed by atoms with Crippen molar-refractivity contribution in [2.45, 2.75) is 20.3 Å². The lowest BCUT2D eigenvalue weighted by atomic mass is 10.1. The number of hydrogen-bond donors (Lipinski definition) is 3. The van der Waals surface area contributed by atoms with Gasteiger partial charge < -0.3 is 25.2 Å². The number of aromatic nitrogens is 2. The summed E-state index contributed by atoms with van der Waals surface area (Å²) in [7, 11) is -2.91. The number of hydrogen-bond acceptors (Lipinski definition) is 9. The van der Waals surface area contributed by atoms with Gasteiger partial charge in [-0.1, -0.05) is 22.9 Å². The lowest BCUT2D eigenvalue weighted by Crippen LogP contribution is -2.09. The van der Waals surface area contributed by atoms with Crippen molar-refractivity contribution in [3.63, 3.8) is 0 Å². The van der Waals surface area contributed by atoms with Crippen LogP contribution in [-0.4, -0.2) is 42.0 Å². The number of rotatable bonds is 13. The van der Waals surface area contributed by atoms with Gasteiger partial charge in [0, 0.05) is 44.0 Å². The predicted octanol–water partition coefficient (Wildman–Crippen LogP) is 3.17. The Labute approximate surface area is 187 Å². The summed E-state index contributed by atoms with van der Waals surface area (Å²) in [6, 6.07) is 5.58. The first kappa shape index (κ1) is 25.5. The summed E-state index contributed by atoms with van der Waals surface area (Å²) in [5, 5.41) is 6.80. The Bertz CT molecular complexity index is 980. The highest BCUT2D eigenvalue weighted by Crippen LogP contribution is 2.41. The number of nitrogens with one attached hydrogen (secondary N) is 1. The third-order valence-electron chi connectivity index (χ3n) is 4.05. The second-order valence-electron chi connectivity index (χ2n) is 6.84. The van der Waals surface area contributed by atoms with Gasteiger partial charge in [-0.05, 0) is 37.8 Å². The molecule has 1 unspecified atom stereocenters. The van der Waals surface area contributed by atoms with Gasteiger partial charge in [0.25, 0.3) is 0 Å². The van der Waals surface area contributed by atoms with Gasteiger partial charge in [-0.2, -0.15) is 0 Å². The minimum Gasteiger partial charge on any atom is -0.473 e. The maximum absolute atomic E-state index is 11.2. The molecule has 4 N–H and O–H groups in total. The molecule has 174 valence electrons. The Balaban J connectivity index is 1.89. The molecular weight excluding hydrogens is 435 g/mol. The number of allylic oxidation sites excluding steroid dienone is 3. The highest BCUT2D eigenvalue weighted by atomic mass is 31.2. The molecule has 0 radical (unpaired) electrons. The molecule has 32 heavy (non-hydrogen) atoms. The Kier molecular flexibility index (Phi) is 10.3. The van der Waals surface area contributed by atoms with Crippen LogP contribution in [-0.2, 0) is 20.0 Å². The van der Waals surface area contributed by atoms with Crippen molar-refractivity contribution in [2.75, 3.05) is 27.0 Å². The second kappa shape index (κ2) is 12.9. The summed E-state index contributed by atoms with van der Waals surface area (Å²) in [6.45, 7) is 4.57. The van der Waals surface area contributed by atoms with E-state index in [0.29, 0.717) is 24.7 Å². The Morgan fingerprint density at radius 2 is 2.19 bits per heavy atom. The number of ether oxygens (including phenoxy) is 1. The van der Waals surface area contributed by atoms with Gasteiger partial charge in [0.05, 0.1) is 5.69 Å². The maximum atomic E-state index is 11.2. The van der Waals surface area contributed by atoms with Gasteiger partial charge in [-0.3, -0.25) is 9.05 Å². The minimum absolute atomic E-state index is 0.191. The topological polar surface area (TPSA) is 142 Å². The van der Waals surface area contributed by atoms with Crippen LogP contribution in [0.25, 0.3) is 5.57 Å². The van der Waals surface area contributed by atoms with Crippen LogP contribution >= 0.6 is 7.82 Å². The SMILES string of the molecule is COP(=O)(O)OCN/C=C\C=C(/CN)c1cc(Cc2ccc(OCC=C(C)C)nc2)no1. The molecule has 0 aromatic carbocycles. The maximum Gasteiger partial charge on any atom is 0.473 e. The van der Waals surface area contributed by atoms with E-state index in [1.807, 2.05) is 38.1 Å². The summed E-state index contributed by atoms with van der Waals surface area (Å²) in [6.07, 6.45) is 9.24. The fraction of sp³-hybridized carbons (Fsp3) is 0.333.